The van der Waals surface area contributed by atoms with Crippen molar-refractivity contribution < 1.29 is 24.3 Å². The summed E-state index contributed by atoms with van der Waals surface area (Å²) in [6, 6.07) is -2.71. The van der Waals surface area contributed by atoms with E-state index in [0.717, 1.165) is 6.42 Å². The molecule has 3 amide bonds. The van der Waals surface area contributed by atoms with Gasteiger partial charge in [-0.15, -0.1) is 0 Å². The van der Waals surface area contributed by atoms with Gasteiger partial charge in [0.1, 0.15) is 12.1 Å². The Kier molecular flexibility index (Phi) is 12.0. The van der Waals surface area contributed by atoms with Gasteiger partial charge in [-0.2, -0.15) is 0 Å². The average Bonchev–Trinajstić information content (AvgIpc) is 2.63. The number of unbranched alkanes of at least 4 members (excludes halogenated alkanes) is 1. The first-order chi connectivity index (χ1) is 12.6. The lowest BCUT2D eigenvalue weighted by Crippen LogP contribution is -2.53. The fraction of sp³-hybridized carbons (Fsp3) is 0.765. The molecule has 0 aliphatic heterocycles. The Morgan fingerprint density at radius 2 is 1.67 bits per heavy atom. The van der Waals surface area contributed by atoms with Crippen LogP contribution in [0.4, 0.5) is 0 Å². The van der Waals surface area contributed by atoms with Gasteiger partial charge in [-0.3, -0.25) is 14.4 Å². The third-order valence-corrected chi connectivity index (χ3v) is 4.32. The van der Waals surface area contributed by atoms with Gasteiger partial charge in [0.15, 0.2) is 0 Å². The third kappa shape index (κ3) is 9.90. The summed E-state index contributed by atoms with van der Waals surface area (Å²) in [7, 11) is 0. The number of carboxylic acids is 1. The minimum Gasteiger partial charge on any atom is -0.480 e. The predicted octanol–water partition coefficient (Wildman–Crippen LogP) is -1.32. The van der Waals surface area contributed by atoms with Crippen LogP contribution in [0.25, 0.3) is 0 Å². The van der Waals surface area contributed by atoms with Crippen LogP contribution >= 0.6 is 0 Å². The SMILES string of the molecule is CCC(C)C(N)C(=O)NCC(=O)NC(C)C(=O)NC(CCCCN)C(=O)O. The molecule has 10 heteroatoms. The highest BCUT2D eigenvalue weighted by molar-refractivity contribution is 5.92. The molecule has 0 saturated carbocycles. The molecule has 0 spiro atoms. The van der Waals surface area contributed by atoms with E-state index in [-0.39, 0.29) is 18.9 Å². The van der Waals surface area contributed by atoms with Gasteiger partial charge >= 0.3 is 5.97 Å². The van der Waals surface area contributed by atoms with E-state index in [2.05, 4.69) is 16.0 Å². The lowest BCUT2D eigenvalue weighted by molar-refractivity contribution is -0.142. The van der Waals surface area contributed by atoms with Crippen molar-refractivity contribution in [3.05, 3.63) is 0 Å². The Morgan fingerprint density at radius 3 is 2.19 bits per heavy atom. The number of carbonyl (C=O) groups is 4. The highest BCUT2D eigenvalue weighted by atomic mass is 16.4. The Balaban J connectivity index is 4.42. The van der Waals surface area contributed by atoms with Crippen LogP contribution in [0, 0.1) is 5.92 Å². The second kappa shape index (κ2) is 13.0. The Bertz CT molecular complexity index is 514. The molecule has 27 heavy (non-hydrogen) atoms. The maximum absolute atomic E-state index is 12.1. The van der Waals surface area contributed by atoms with Crippen LogP contribution in [-0.2, 0) is 19.2 Å². The first-order valence-electron chi connectivity index (χ1n) is 9.19. The van der Waals surface area contributed by atoms with Crippen molar-refractivity contribution in [3.8, 4) is 0 Å². The quantitative estimate of drug-likeness (QED) is 0.212. The molecule has 0 heterocycles. The molecule has 0 radical (unpaired) electrons. The Morgan fingerprint density at radius 1 is 1.04 bits per heavy atom. The second-order valence-corrected chi connectivity index (χ2v) is 6.60. The van der Waals surface area contributed by atoms with Crippen LogP contribution in [0.3, 0.4) is 0 Å². The minimum absolute atomic E-state index is 0.0232. The van der Waals surface area contributed by atoms with Crippen molar-refractivity contribution in [1.29, 1.82) is 0 Å². The van der Waals surface area contributed by atoms with E-state index in [1.165, 1.54) is 6.92 Å². The summed E-state index contributed by atoms with van der Waals surface area (Å²) in [4.78, 5) is 47.0. The molecule has 0 aromatic heterocycles. The number of nitrogens with two attached hydrogens (primary N) is 2. The smallest absolute Gasteiger partial charge is 0.326 e. The van der Waals surface area contributed by atoms with Crippen molar-refractivity contribution >= 4 is 23.7 Å². The highest BCUT2D eigenvalue weighted by Crippen LogP contribution is 2.04. The number of aliphatic carboxylic acids is 1. The number of rotatable bonds is 13. The summed E-state index contributed by atoms with van der Waals surface area (Å²) >= 11 is 0. The number of amides is 3. The molecule has 10 nitrogen and oxygen atoms in total. The van der Waals surface area contributed by atoms with E-state index in [1.54, 1.807) is 0 Å². The first kappa shape index (κ1) is 24.8. The molecule has 0 aromatic carbocycles. The van der Waals surface area contributed by atoms with Crippen LogP contribution < -0.4 is 27.4 Å². The summed E-state index contributed by atoms with van der Waals surface area (Å²) in [5.74, 6) is -2.80. The molecule has 0 aromatic rings. The molecular formula is C17H33N5O5. The van der Waals surface area contributed by atoms with Gasteiger partial charge in [0.05, 0.1) is 12.6 Å². The van der Waals surface area contributed by atoms with E-state index in [0.29, 0.717) is 19.4 Å². The number of hydrogen-bond acceptors (Lipinski definition) is 6. The topological polar surface area (TPSA) is 177 Å². The van der Waals surface area contributed by atoms with Crippen LogP contribution in [0.5, 0.6) is 0 Å². The third-order valence-electron chi connectivity index (χ3n) is 4.32. The normalized spacial score (nSPS) is 15.1. The first-order valence-corrected chi connectivity index (χ1v) is 9.19. The fourth-order valence-electron chi connectivity index (χ4n) is 2.20. The Labute approximate surface area is 159 Å². The van der Waals surface area contributed by atoms with E-state index >= 15 is 0 Å². The Hall–Kier alpha value is -2.20. The number of hydrogen-bond donors (Lipinski definition) is 6. The lowest BCUT2D eigenvalue weighted by Gasteiger charge is -2.20. The average molecular weight is 387 g/mol. The molecule has 0 fully saturated rings. The number of carbonyl (C=O) groups excluding carboxylic acids is 3. The monoisotopic (exact) mass is 387 g/mol. The van der Waals surface area contributed by atoms with Crippen molar-refractivity contribution in [1.82, 2.24) is 16.0 Å². The maximum atomic E-state index is 12.1. The van der Waals surface area contributed by atoms with E-state index < -0.39 is 41.8 Å². The molecule has 156 valence electrons. The van der Waals surface area contributed by atoms with E-state index in [1.807, 2.05) is 13.8 Å². The molecular weight excluding hydrogens is 354 g/mol. The summed E-state index contributed by atoms with van der Waals surface area (Å²) in [5, 5.41) is 16.4. The summed E-state index contributed by atoms with van der Waals surface area (Å²) in [6.45, 7) is 5.30. The maximum Gasteiger partial charge on any atom is 0.326 e. The largest absolute Gasteiger partial charge is 0.480 e. The van der Waals surface area contributed by atoms with Gasteiger partial charge in [-0.25, -0.2) is 4.79 Å². The predicted molar refractivity (Wildman–Crippen MR) is 101 cm³/mol. The molecule has 0 bridgehead atoms. The highest BCUT2D eigenvalue weighted by Gasteiger charge is 2.24. The van der Waals surface area contributed by atoms with Crippen LogP contribution in [0.2, 0.25) is 0 Å². The standard InChI is InChI=1S/C17H33N5O5/c1-4-10(2)14(19)16(25)20-9-13(23)21-11(3)15(24)22-12(17(26)27)7-5-6-8-18/h10-12,14H,4-9,18-19H2,1-3H3,(H,20,25)(H,21,23)(H,22,24)(H,26,27). The van der Waals surface area contributed by atoms with E-state index in [4.69, 9.17) is 16.6 Å². The summed E-state index contributed by atoms with van der Waals surface area (Å²) in [5.41, 5.74) is 11.1. The second-order valence-electron chi connectivity index (χ2n) is 6.60. The van der Waals surface area contributed by atoms with Gasteiger partial charge in [0.25, 0.3) is 0 Å². The number of nitrogens with one attached hydrogen (secondary N) is 3. The molecule has 0 saturated heterocycles. The van der Waals surface area contributed by atoms with Crippen molar-refractivity contribution in [3.63, 3.8) is 0 Å². The zero-order chi connectivity index (χ0) is 21.0. The molecule has 0 rings (SSSR count). The minimum atomic E-state index is -1.15. The van der Waals surface area contributed by atoms with Gasteiger partial charge in [0, 0.05) is 0 Å². The van der Waals surface area contributed by atoms with Crippen LogP contribution in [-0.4, -0.2) is 60.0 Å². The van der Waals surface area contributed by atoms with Crippen molar-refractivity contribution in [2.24, 2.45) is 17.4 Å². The summed E-state index contributed by atoms with van der Waals surface area (Å²) < 4.78 is 0. The fourth-order valence-corrected chi connectivity index (χ4v) is 2.20. The van der Waals surface area contributed by atoms with E-state index in [9.17, 15) is 19.2 Å². The molecule has 0 aliphatic carbocycles. The zero-order valence-corrected chi connectivity index (χ0v) is 16.3. The lowest BCUT2D eigenvalue weighted by atomic mass is 9.99. The summed E-state index contributed by atoms with van der Waals surface area (Å²) in [6.07, 6.45) is 2.21. The van der Waals surface area contributed by atoms with Crippen molar-refractivity contribution in [2.45, 2.75) is 64.6 Å². The van der Waals surface area contributed by atoms with Gasteiger partial charge in [-0.05, 0) is 38.6 Å². The van der Waals surface area contributed by atoms with Gasteiger partial charge < -0.3 is 32.5 Å². The van der Waals surface area contributed by atoms with Gasteiger partial charge in [-0.1, -0.05) is 20.3 Å². The molecule has 4 unspecified atom stereocenters. The van der Waals surface area contributed by atoms with Crippen LogP contribution in [0.1, 0.15) is 46.5 Å². The molecule has 8 N–H and O–H groups in total. The van der Waals surface area contributed by atoms with Gasteiger partial charge in [0.2, 0.25) is 17.7 Å². The molecule has 0 aliphatic rings. The van der Waals surface area contributed by atoms with Crippen molar-refractivity contribution in [2.75, 3.05) is 13.1 Å². The molecule has 4 atom stereocenters. The van der Waals surface area contributed by atoms with Crippen LogP contribution in [0.15, 0.2) is 0 Å². The number of carboxylic acid groups (broad SMARTS) is 1. The zero-order valence-electron chi connectivity index (χ0n) is 16.3.